The van der Waals surface area contributed by atoms with Crippen molar-refractivity contribution >= 4 is 65.4 Å². The molecule has 0 fully saturated rings. The Morgan fingerprint density at radius 1 is 0.370 bits per heavy atom. The molecule has 0 aliphatic carbocycles. The van der Waals surface area contributed by atoms with Gasteiger partial charge in [-0.3, -0.25) is 4.57 Å². The second kappa shape index (κ2) is 9.62. The molecule has 0 radical (unpaired) electrons. The first-order chi connectivity index (χ1) is 22.9. The summed E-state index contributed by atoms with van der Waals surface area (Å²) in [6.45, 7) is 0. The van der Waals surface area contributed by atoms with Crippen molar-refractivity contribution in [2.45, 2.75) is 0 Å². The predicted molar refractivity (Wildman–Crippen MR) is 191 cm³/mol. The molecule has 0 amide bonds. The lowest BCUT2D eigenvalue weighted by molar-refractivity contribution is 1.08. The third-order valence-corrected chi connectivity index (χ3v) is 9.27. The van der Waals surface area contributed by atoms with E-state index in [1.54, 1.807) is 0 Å². The Kier molecular flexibility index (Phi) is 5.25. The molecular formula is C42H26N4. The minimum atomic E-state index is 0.817. The summed E-state index contributed by atoms with van der Waals surface area (Å²) >= 11 is 0. The summed E-state index contributed by atoms with van der Waals surface area (Å²) in [5.74, 6) is 0.817. The highest BCUT2D eigenvalue weighted by molar-refractivity contribution is 6.36. The molecule has 7 aromatic carbocycles. The van der Waals surface area contributed by atoms with E-state index in [9.17, 15) is 0 Å². The molecule has 3 aromatic heterocycles. The Hall–Kier alpha value is -6.26. The Morgan fingerprint density at radius 2 is 0.826 bits per heavy atom. The van der Waals surface area contributed by atoms with E-state index in [1.165, 1.54) is 37.8 Å². The largest absolute Gasteiger partial charge is 0.307 e. The zero-order chi connectivity index (χ0) is 30.2. The van der Waals surface area contributed by atoms with E-state index in [0.29, 0.717) is 0 Å². The number of rotatable bonds is 3. The van der Waals surface area contributed by atoms with E-state index in [1.807, 2.05) is 24.3 Å². The van der Waals surface area contributed by atoms with Gasteiger partial charge in [-0.15, -0.1) is 0 Å². The zero-order valence-corrected chi connectivity index (χ0v) is 24.8. The maximum absolute atomic E-state index is 5.43. The van der Waals surface area contributed by atoms with Crippen molar-refractivity contribution in [3.05, 3.63) is 158 Å². The molecule has 0 unspecified atom stereocenters. The average molecular weight is 587 g/mol. The van der Waals surface area contributed by atoms with Crippen molar-refractivity contribution in [3.8, 4) is 22.8 Å². The van der Waals surface area contributed by atoms with Gasteiger partial charge in [0, 0.05) is 32.8 Å². The van der Waals surface area contributed by atoms with Crippen molar-refractivity contribution in [3.63, 3.8) is 0 Å². The molecule has 3 heterocycles. The minimum Gasteiger partial charge on any atom is -0.307 e. The van der Waals surface area contributed by atoms with Crippen molar-refractivity contribution in [2.24, 2.45) is 0 Å². The number of hydrogen-bond acceptors (Lipinski definition) is 2. The summed E-state index contributed by atoms with van der Waals surface area (Å²) in [4.78, 5) is 10.7. The maximum Gasteiger partial charge on any atom is 0.165 e. The number of hydrogen-bond donors (Lipinski definition) is 0. The van der Waals surface area contributed by atoms with Crippen LogP contribution in [0.15, 0.2) is 158 Å². The summed E-state index contributed by atoms with van der Waals surface area (Å²) in [5, 5.41) is 7.34. The Morgan fingerprint density at radius 3 is 1.46 bits per heavy atom. The number of nitrogens with zero attached hydrogens (tertiary/aromatic N) is 4. The van der Waals surface area contributed by atoms with Gasteiger partial charge in [0.1, 0.15) is 5.69 Å². The molecule has 10 rings (SSSR count). The van der Waals surface area contributed by atoms with Crippen LogP contribution in [-0.4, -0.2) is 19.1 Å². The SMILES string of the molecule is c1ccc(-c2nc3ccccc3nc2-n2c3ccccc3c3c4ccccc4c4c5ccccc5n(-c5ccccc5)c4c32)cc1. The van der Waals surface area contributed by atoms with Crippen LogP contribution in [0.4, 0.5) is 0 Å². The van der Waals surface area contributed by atoms with Gasteiger partial charge in [-0.05, 0) is 47.2 Å². The van der Waals surface area contributed by atoms with Crippen molar-refractivity contribution in [1.29, 1.82) is 0 Å². The van der Waals surface area contributed by atoms with Gasteiger partial charge in [0.05, 0.1) is 33.1 Å². The van der Waals surface area contributed by atoms with Crippen LogP contribution in [-0.2, 0) is 0 Å². The highest BCUT2D eigenvalue weighted by atomic mass is 15.1. The lowest BCUT2D eigenvalue weighted by atomic mass is 9.98. The number of para-hydroxylation sites is 5. The quantitative estimate of drug-likeness (QED) is 0.206. The first kappa shape index (κ1) is 25.1. The Bertz CT molecular complexity index is 2790. The summed E-state index contributed by atoms with van der Waals surface area (Å²) < 4.78 is 4.81. The highest BCUT2D eigenvalue weighted by Crippen LogP contribution is 2.47. The van der Waals surface area contributed by atoms with Crippen molar-refractivity contribution < 1.29 is 0 Å². The van der Waals surface area contributed by atoms with Crippen molar-refractivity contribution in [2.75, 3.05) is 0 Å². The topological polar surface area (TPSA) is 35.6 Å². The van der Waals surface area contributed by atoms with E-state index in [2.05, 4.69) is 143 Å². The normalized spacial score (nSPS) is 11.9. The molecule has 0 aliphatic rings. The van der Waals surface area contributed by atoms with Crippen LogP contribution in [0, 0.1) is 0 Å². The second-order valence-corrected chi connectivity index (χ2v) is 11.8. The van der Waals surface area contributed by atoms with Gasteiger partial charge in [0.15, 0.2) is 5.82 Å². The Balaban J connectivity index is 1.53. The number of fused-ring (bicyclic) bond motifs is 11. The predicted octanol–water partition coefficient (Wildman–Crippen LogP) is 10.6. The van der Waals surface area contributed by atoms with E-state index >= 15 is 0 Å². The van der Waals surface area contributed by atoms with Crippen LogP contribution in [0.5, 0.6) is 0 Å². The van der Waals surface area contributed by atoms with Gasteiger partial charge in [0.25, 0.3) is 0 Å². The Labute approximate surface area is 264 Å². The van der Waals surface area contributed by atoms with Crippen molar-refractivity contribution in [1.82, 2.24) is 19.1 Å². The average Bonchev–Trinajstić information content (AvgIpc) is 3.66. The lowest BCUT2D eigenvalue weighted by Gasteiger charge is -2.16. The summed E-state index contributed by atoms with van der Waals surface area (Å²) in [6, 6.07) is 55.7. The van der Waals surface area contributed by atoms with E-state index in [-0.39, 0.29) is 0 Å². The molecule has 0 saturated carbocycles. The van der Waals surface area contributed by atoms with Crippen LogP contribution in [0.1, 0.15) is 0 Å². The van der Waals surface area contributed by atoms with E-state index in [4.69, 9.17) is 9.97 Å². The number of benzene rings is 7. The molecule has 214 valence electrons. The molecule has 0 saturated heterocycles. The molecule has 0 aliphatic heterocycles. The summed E-state index contributed by atoms with van der Waals surface area (Å²) in [7, 11) is 0. The summed E-state index contributed by atoms with van der Waals surface area (Å²) in [5.41, 5.74) is 9.29. The molecule has 4 nitrogen and oxygen atoms in total. The molecule has 0 atom stereocenters. The lowest BCUT2D eigenvalue weighted by Crippen LogP contribution is -2.05. The molecule has 10 aromatic rings. The third kappa shape index (κ3) is 3.44. The molecule has 0 spiro atoms. The molecule has 46 heavy (non-hydrogen) atoms. The standard InChI is InChI=1S/C42H26N4/c1-3-15-27(16-4-1)39-42(44-34-24-12-11-23-33(34)43-39)46-36-26-14-10-22-32(36)38-30-20-8-7-19-29(30)37-31-21-9-13-25-35(31)45(40(37)41(38)46)28-17-5-2-6-18-28/h1-26H. The highest BCUT2D eigenvalue weighted by Gasteiger charge is 2.26. The second-order valence-electron chi connectivity index (χ2n) is 11.8. The van der Waals surface area contributed by atoms with E-state index < -0.39 is 0 Å². The van der Waals surface area contributed by atoms with Crippen LogP contribution < -0.4 is 0 Å². The minimum absolute atomic E-state index is 0.817. The van der Waals surface area contributed by atoms with Gasteiger partial charge < -0.3 is 4.57 Å². The summed E-state index contributed by atoms with van der Waals surface area (Å²) in [6.07, 6.45) is 0. The molecule has 0 N–H and O–H groups in total. The monoisotopic (exact) mass is 586 g/mol. The molecule has 0 bridgehead atoms. The third-order valence-electron chi connectivity index (χ3n) is 9.27. The maximum atomic E-state index is 5.43. The molecular weight excluding hydrogens is 560 g/mol. The van der Waals surface area contributed by atoms with Gasteiger partial charge in [0.2, 0.25) is 0 Å². The fraction of sp³-hybridized carbons (Fsp3) is 0. The van der Waals surface area contributed by atoms with E-state index in [0.717, 1.165) is 50.3 Å². The van der Waals surface area contributed by atoms with Crippen LogP contribution in [0.2, 0.25) is 0 Å². The first-order valence-electron chi connectivity index (χ1n) is 15.6. The van der Waals surface area contributed by atoms with Gasteiger partial charge in [-0.1, -0.05) is 121 Å². The van der Waals surface area contributed by atoms with Crippen LogP contribution in [0.3, 0.4) is 0 Å². The van der Waals surface area contributed by atoms with Gasteiger partial charge in [-0.2, -0.15) is 0 Å². The van der Waals surface area contributed by atoms with Crippen LogP contribution in [0.25, 0.3) is 88.2 Å². The van der Waals surface area contributed by atoms with Crippen LogP contribution >= 0.6 is 0 Å². The number of aromatic nitrogens is 4. The first-order valence-corrected chi connectivity index (χ1v) is 15.6. The zero-order valence-electron chi connectivity index (χ0n) is 24.8. The molecule has 4 heteroatoms. The van der Waals surface area contributed by atoms with Gasteiger partial charge in [-0.25, -0.2) is 9.97 Å². The fourth-order valence-electron chi connectivity index (χ4n) is 7.39. The fourth-order valence-corrected chi connectivity index (χ4v) is 7.39. The smallest absolute Gasteiger partial charge is 0.165 e. The van der Waals surface area contributed by atoms with Gasteiger partial charge >= 0.3 is 0 Å².